The Morgan fingerprint density at radius 2 is 2.46 bits per heavy atom. The van der Waals surface area contributed by atoms with Gasteiger partial charge in [-0.25, -0.2) is 0 Å². The van der Waals surface area contributed by atoms with Crippen LogP contribution in [0.2, 0.25) is 0 Å². The lowest BCUT2D eigenvalue weighted by molar-refractivity contribution is 0.102. The average molecular weight is 199 g/mol. The largest absolute Gasteiger partial charge is 0.293 e. The average Bonchev–Trinajstić information content (AvgIpc) is 2.81. The summed E-state index contributed by atoms with van der Waals surface area (Å²) >= 11 is 5.43. The predicted octanol–water partition coefficient (Wildman–Crippen LogP) is 1.71. The zero-order valence-electron chi connectivity index (χ0n) is 7.24. The van der Waals surface area contributed by atoms with Crippen LogP contribution in [0.4, 0.5) is 0 Å². The summed E-state index contributed by atoms with van der Waals surface area (Å²) in [6.07, 6.45) is 5.95. The molecule has 0 saturated heterocycles. The van der Waals surface area contributed by atoms with E-state index >= 15 is 0 Å². The molecule has 1 aliphatic rings. The van der Waals surface area contributed by atoms with Gasteiger partial charge in [-0.1, -0.05) is 0 Å². The van der Waals surface area contributed by atoms with Crippen molar-refractivity contribution in [3.8, 4) is 0 Å². The number of nitrogens with zero attached hydrogens (tertiary/aromatic N) is 2. The van der Waals surface area contributed by atoms with E-state index in [1.54, 1.807) is 12.4 Å². The minimum absolute atomic E-state index is 0.0368. The van der Waals surface area contributed by atoms with Gasteiger partial charge in [0, 0.05) is 12.7 Å². The third-order valence-electron chi connectivity index (χ3n) is 2.22. The minimum atomic E-state index is -0.0521. The van der Waals surface area contributed by atoms with E-state index in [9.17, 15) is 4.79 Å². The van der Waals surface area contributed by atoms with E-state index in [0.29, 0.717) is 5.56 Å². The van der Waals surface area contributed by atoms with Crippen LogP contribution in [0.1, 0.15) is 23.2 Å². The molecule has 0 spiro atoms. The molecule has 1 heterocycles. The van der Waals surface area contributed by atoms with Crippen LogP contribution in [0.15, 0.2) is 12.4 Å². The summed E-state index contributed by atoms with van der Waals surface area (Å²) in [6, 6.07) is 0. The first-order chi connectivity index (χ1) is 6.29. The number of aromatic nitrogens is 2. The van der Waals surface area contributed by atoms with Gasteiger partial charge in [0.1, 0.15) is 0 Å². The Balaban J connectivity index is 2.03. The van der Waals surface area contributed by atoms with E-state index in [0.717, 1.165) is 12.5 Å². The monoisotopic (exact) mass is 198 g/mol. The molecule has 0 amide bonds. The molecule has 0 aromatic carbocycles. The van der Waals surface area contributed by atoms with Gasteiger partial charge < -0.3 is 0 Å². The molecular weight excluding hydrogens is 188 g/mol. The summed E-state index contributed by atoms with van der Waals surface area (Å²) in [5, 5.41) is 4.10. The minimum Gasteiger partial charge on any atom is -0.293 e. The molecule has 1 aromatic heterocycles. The number of ketones is 1. The van der Waals surface area contributed by atoms with E-state index in [1.807, 2.05) is 4.68 Å². The second kappa shape index (κ2) is 3.50. The van der Waals surface area contributed by atoms with Gasteiger partial charge in [0.15, 0.2) is 5.78 Å². The number of rotatable bonds is 4. The summed E-state index contributed by atoms with van der Waals surface area (Å²) in [7, 11) is 0. The zero-order valence-corrected chi connectivity index (χ0v) is 8.00. The van der Waals surface area contributed by atoms with Gasteiger partial charge >= 0.3 is 0 Å². The van der Waals surface area contributed by atoms with E-state index < -0.39 is 0 Å². The Morgan fingerprint density at radius 1 is 1.69 bits per heavy atom. The van der Waals surface area contributed by atoms with Gasteiger partial charge in [0.05, 0.1) is 17.6 Å². The second-order valence-electron chi connectivity index (χ2n) is 3.45. The number of carbonyl (C=O) groups is 1. The highest BCUT2D eigenvalue weighted by molar-refractivity contribution is 6.30. The number of carbonyl (C=O) groups excluding carboxylic acids is 1. The van der Waals surface area contributed by atoms with Crippen molar-refractivity contribution in [2.75, 3.05) is 5.88 Å². The normalized spacial score (nSPS) is 16.1. The molecule has 0 atom stereocenters. The molecule has 0 aliphatic heterocycles. The fraction of sp³-hybridized carbons (Fsp3) is 0.556. The molecule has 4 heteroatoms. The van der Waals surface area contributed by atoms with Gasteiger partial charge in [-0.2, -0.15) is 5.10 Å². The maximum Gasteiger partial charge on any atom is 0.180 e. The van der Waals surface area contributed by atoms with Crippen molar-refractivity contribution < 1.29 is 4.79 Å². The van der Waals surface area contributed by atoms with Gasteiger partial charge in [-0.05, 0) is 18.8 Å². The Kier molecular flexibility index (Phi) is 2.36. The molecule has 0 bridgehead atoms. The lowest BCUT2D eigenvalue weighted by Gasteiger charge is -1.95. The van der Waals surface area contributed by atoms with Crippen LogP contribution in [-0.4, -0.2) is 21.4 Å². The molecule has 13 heavy (non-hydrogen) atoms. The third kappa shape index (κ3) is 2.10. The maximum absolute atomic E-state index is 11.1. The molecular formula is C9H11ClN2O. The van der Waals surface area contributed by atoms with Crippen LogP contribution in [0.5, 0.6) is 0 Å². The zero-order chi connectivity index (χ0) is 9.26. The molecule has 1 fully saturated rings. The van der Waals surface area contributed by atoms with Crippen molar-refractivity contribution >= 4 is 17.4 Å². The van der Waals surface area contributed by atoms with Gasteiger partial charge in [-0.3, -0.25) is 9.48 Å². The van der Waals surface area contributed by atoms with Crippen molar-refractivity contribution in [2.45, 2.75) is 19.4 Å². The number of alkyl halides is 1. The van der Waals surface area contributed by atoms with E-state index in [4.69, 9.17) is 11.6 Å². The first kappa shape index (κ1) is 8.75. The van der Waals surface area contributed by atoms with Gasteiger partial charge in [-0.15, -0.1) is 11.6 Å². The number of hydrogen-bond donors (Lipinski definition) is 0. The van der Waals surface area contributed by atoms with Crippen LogP contribution in [-0.2, 0) is 6.54 Å². The van der Waals surface area contributed by atoms with E-state index in [2.05, 4.69) is 5.10 Å². The van der Waals surface area contributed by atoms with Crippen molar-refractivity contribution in [1.82, 2.24) is 9.78 Å². The molecule has 70 valence electrons. The summed E-state index contributed by atoms with van der Waals surface area (Å²) in [6.45, 7) is 0.940. The molecule has 1 saturated carbocycles. The first-order valence-corrected chi connectivity index (χ1v) is 4.94. The fourth-order valence-corrected chi connectivity index (χ4v) is 1.40. The standard InChI is InChI=1S/C9H11ClN2O/c10-3-9(13)8-4-11-12(6-8)5-7-1-2-7/h4,6-7H,1-3,5H2. The maximum atomic E-state index is 11.1. The third-order valence-corrected chi connectivity index (χ3v) is 2.46. The van der Waals surface area contributed by atoms with Gasteiger partial charge in [0.25, 0.3) is 0 Å². The molecule has 0 unspecified atom stereocenters. The molecule has 1 aromatic rings. The van der Waals surface area contributed by atoms with Crippen LogP contribution < -0.4 is 0 Å². The molecule has 1 aliphatic carbocycles. The van der Waals surface area contributed by atoms with Crippen LogP contribution in [0, 0.1) is 5.92 Å². The Labute approximate surface area is 81.7 Å². The Bertz CT molecular complexity index is 317. The highest BCUT2D eigenvalue weighted by Crippen LogP contribution is 2.30. The van der Waals surface area contributed by atoms with Gasteiger partial charge in [0.2, 0.25) is 0 Å². The van der Waals surface area contributed by atoms with Crippen molar-refractivity contribution in [3.63, 3.8) is 0 Å². The van der Waals surface area contributed by atoms with Crippen LogP contribution in [0.25, 0.3) is 0 Å². The Morgan fingerprint density at radius 3 is 3.08 bits per heavy atom. The molecule has 0 N–H and O–H groups in total. The summed E-state index contributed by atoms with van der Waals surface area (Å²) < 4.78 is 1.83. The summed E-state index contributed by atoms with van der Waals surface area (Å²) in [5.74, 6) is 0.761. The quantitative estimate of drug-likeness (QED) is 0.546. The number of hydrogen-bond acceptors (Lipinski definition) is 2. The van der Waals surface area contributed by atoms with Crippen LogP contribution in [0.3, 0.4) is 0 Å². The first-order valence-electron chi connectivity index (χ1n) is 4.41. The lowest BCUT2D eigenvalue weighted by Crippen LogP contribution is -2.01. The number of Topliss-reactive ketones (excluding diaryl/α,β-unsaturated/α-hetero) is 1. The van der Waals surface area contributed by atoms with E-state index in [-0.39, 0.29) is 11.7 Å². The smallest absolute Gasteiger partial charge is 0.180 e. The molecule has 0 radical (unpaired) electrons. The second-order valence-corrected chi connectivity index (χ2v) is 3.72. The lowest BCUT2D eigenvalue weighted by atomic mass is 10.3. The fourth-order valence-electron chi connectivity index (χ4n) is 1.25. The Hall–Kier alpha value is -0.830. The summed E-state index contributed by atoms with van der Waals surface area (Å²) in [5.41, 5.74) is 0.621. The van der Waals surface area contributed by atoms with Crippen molar-refractivity contribution in [3.05, 3.63) is 18.0 Å². The van der Waals surface area contributed by atoms with Crippen LogP contribution >= 0.6 is 11.6 Å². The molecule has 2 rings (SSSR count). The molecule has 3 nitrogen and oxygen atoms in total. The SMILES string of the molecule is O=C(CCl)c1cnn(CC2CC2)c1. The van der Waals surface area contributed by atoms with Crippen molar-refractivity contribution in [2.24, 2.45) is 5.92 Å². The highest BCUT2D eigenvalue weighted by Gasteiger charge is 2.22. The highest BCUT2D eigenvalue weighted by atomic mass is 35.5. The van der Waals surface area contributed by atoms with E-state index in [1.165, 1.54) is 12.8 Å². The topological polar surface area (TPSA) is 34.9 Å². The number of halogens is 1. The predicted molar refractivity (Wildman–Crippen MR) is 50.0 cm³/mol. The summed E-state index contributed by atoms with van der Waals surface area (Å²) in [4.78, 5) is 11.1. The van der Waals surface area contributed by atoms with Crippen molar-refractivity contribution in [1.29, 1.82) is 0 Å².